The van der Waals surface area contributed by atoms with E-state index in [1.807, 2.05) is 38.1 Å². The van der Waals surface area contributed by atoms with Gasteiger partial charge < -0.3 is 14.7 Å². The van der Waals surface area contributed by atoms with E-state index in [2.05, 4.69) is 36.1 Å². The van der Waals surface area contributed by atoms with Gasteiger partial charge in [-0.05, 0) is 62.1 Å². The van der Waals surface area contributed by atoms with Crippen molar-refractivity contribution in [3.63, 3.8) is 0 Å². The number of aromatic nitrogens is 2. The molecule has 2 aromatic rings. The van der Waals surface area contributed by atoms with Crippen molar-refractivity contribution in [2.45, 2.75) is 59.2 Å². The topological polar surface area (TPSA) is 78.8 Å². The molecule has 1 saturated carbocycles. The van der Waals surface area contributed by atoms with Crippen LogP contribution in [0.1, 0.15) is 46.2 Å². The maximum absolute atomic E-state index is 11.8. The van der Waals surface area contributed by atoms with Crippen LogP contribution in [0.25, 0.3) is 11.0 Å². The molecule has 0 amide bonds. The third-order valence-corrected chi connectivity index (χ3v) is 8.82. The van der Waals surface area contributed by atoms with Gasteiger partial charge in [-0.25, -0.2) is 9.97 Å². The number of aliphatic hydroxyl groups is 1. The Bertz CT molecular complexity index is 1170. The number of rotatable bonds is 5. The quantitative estimate of drug-likeness (QED) is 0.486. The van der Waals surface area contributed by atoms with E-state index < -0.39 is 11.7 Å². The van der Waals surface area contributed by atoms with Crippen LogP contribution in [-0.2, 0) is 9.53 Å². The fourth-order valence-electron chi connectivity index (χ4n) is 6.67. The number of anilines is 1. The highest BCUT2D eigenvalue weighted by atomic mass is 16.5. The van der Waals surface area contributed by atoms with E-state index in [0.29, 0.717) is 11.8 Å². The second-order valence-electron chi connectivity index (χ2n) is 11.4. The number of aryl methyl sites for hydroxylation is 1. The highest BCUT2D eigenvalue weighted by Gasteiger charge is 2.53. The summed E-state index contributed by atoms with van der Waals surface area (Å²) in [7, 11) is 0. The number of piperazine rings is 1. The Morgan fingerprint density at radius 3 is 2.51 bits per heavy atom. The van der Waals surface area contributed by atoms with Crippen molar-refractivity contribution in [1.82, 2.24) is 14.9 Å². The number of nitrogens with zero attached hydrogens (tertiary/aromatic N) is 4. The first kappa shape index (κ1) is 26.1. The van der Waals surface area contributed by atoms with E-state index in [0.717, 1.165) is 73.7 Å². The minimum atomic E-state index is -1.07. The standard InChI is InChI=1S/C30H40N4O3/c1-19-16-25-24(11-10-21(3)30(25,36)17-28(19)37-23(5)35)20(2)18-33-12-14-34(15-13-33)29-22(4)31-26-8-6-7-9-27(26)32-29/h6-9,16,20-21,24-25,28,36H,10-15,18H2,1-5H3/t20-,21-,24+,25-,28-,30-/m1/s1. The van der Waals surface area contributed by atoms with Crippen LogP contribution in [0.15, 0.2) is 35.9 Å². The van der Waals surface area contributed by atoms with Crippen LogP contribution in [0.3, 0.4) is 0 Å². The molecule has 2 heterocycles. The fraction of sp³-hybridized carbons (Fsp3) is 0.600. The molecule has 37 heavy (non-hydrogen) atoms. The minimum absolute atomic E-state index is 0.00475. The minimum Gasteiger partial charge on any atom is -0.457 e. The SMILES string of the molecule is CC(=O)O[C@@H]1[C][C@@]2(O)[C@H](C)CC[C@@H]([C@H](C)CN3CCN(c4nc5ccccc5nc4C)CC3)[C@H]2C=C1C. The van der Waals surface area contributed by atoms with Crippen molar-refractivity contribution in [3.8, 4) is 0 Å². The van der Waals surface area contributed by atoms with Crippen LogP contribution in [0, 0.1) is 37.0 Å². The van der Waals surface area contributed by atoms with Gasteiger partial charge in [0.1, 0.15) is 6.10 Å². The lowest BCUT2D eigenvalue weighted by atomic mass is 9.57. The van der Waals surface area contributed by atoms with E-state index >= 15 is 0 Å². The number of carbonyl (C=O) groups excluding carboxylic acids is 1. The van der Waals surface area contributed by atoms with Gasteiger partial charge in [0.2, 0.25) is 0 Å². The summed E-state index contributed by atoms with van der Waals surface area (Å²) >= 11 is 0. The van der Waals surface area contributed by atoms with Gasteiger partial charge >= 0.3 is 5.97 Å². The van der Waals surface area contributed by atoms with E-state index in [9.17, 15) is 9.90 Å². The molecule has 5 rings (SSSR count). The molecule has 6 atom stereocenters. The second kappa shape index (κ2) is 10.3. The summed E-state index contributed by atoms with van der Waals surface area (Å²) in [6.07, 6.45) is 6.94. The van der Waals surface area contributed by atoms with E-state index in [1.165, 1.54) is 6.92 Å². The zero-order chi connectivity index (χ0) is 26.3. The fourth-order valence-corrected chi connectivity index (χ4v) is 6.67. The van der Waals surface area contributed by atoms with Crippen LogP contribution >= 0.6 is 0 Å². The third kappa shape index (κ3) is 5.13. The van der Waals surface area contributed by atoms with Gasteiger partial charge in [-0.15, -0.1) is 0 Å². The molecule has 1 aliphatic heterocycles. The molecule has 1 saturated heterocycles. The number of ether oxygens (including phenoxy) is 1. The number of hydrogen-bond donors (Lipinski definition) is 1. The summed E-state index contributed by atoms with van der Waals surface area (Å²) in [6.45, 7) is 14.7. The molecule has 198 valence electrons. The number of para-hydroxylation sites is 2. The van der Waals surface area contributed by atoms with Gasteiger partial charge in [-0.3, -0.25) is 9.69 Å². The summed E-state index contributed by atoms with van der Waals surface area (Å²) in [5, 5.41) is 11.8. The normalized spacial score (nSPS) is 31.5. The average Bonchev–Trinajstić information content (AvgIpc) is 2.86. The lowest BCUT2D eigenvalue weighted by molar-refractivity contribution is -0.148. The highest BCUT2D eigenvalue weighted by molar-refractivity contribution is 5.76. The Kier molecular flexibility index (Phi) is 7.29. The predicted octanol–water partition coefficient (Wildman–Crippen LogP) is 4.06. The van der Waals surface area contributed by atoms with E-state index in [4.69, 9.17) is 14.7 Å². The molecular formula is C30H40N4O3. The smallest absolute Gasteiger partial charge is 0.303 e. The van der Waals surface area contributed by atoms with E-state index in [-0.39, 0.29) is 17.8 Å². The molecule has 1 N–H and O–H groups in total. The molecule has 0 bridgehead atoms. The van der Waals surface area contributed by atoms with Crippen LogP contribution in [0.5, 0.6) is 0 Å². The zero-order valence-corrected chi connectivity index (χ0v) is 22.8. The number of benzene rings is 1. The second-order valence-corrected chi connectivity index (χ2v) is 11.4. The Labute approximate surface area is 220 Å². The zero-order valence-electron chi connectivity index (χ0n) is 22.8. The van der Waals surface area contributed by atoms with Crippen LogP contribution in [-0.4, -0.2) is 70.4 Å². The molecule has 7 nitrogen and oxygen atoms in total. The first-order valence-electron chi connectivity index (χ1n) is 13.7. The van der Waals surface area contributed by atoms with Crippen LogP contribution in [0.2, 0.25) is 0 Å². The number of hydrogen-bond acceptors (Lipinski definition) is 7. The summed E-state index contributed by atoms with van der Waals surface area (Å²) in [5.41, 5.74) is 2.77. The van der Waals surface area contributed by atoms with Crippen molar-refractivity contribution < 1.29 is 14.6 Å². The molecular weight excluding hydrogens is 464 g/mol. The van der Waals surface area contributed by atoms with Crippen molar-refractivity contribution in [1.29, 1.82) is 0 Å². The van der Waals surface area contributed by atoms with Gasteiger partial charge in [-0.2, -0.15) is 0 Å². The number of fused-ring (bicyclic) bond motifs is 2. The van der Waals surface area contributed by atoms with Crippen LogP contribution < -0.4 is 4.90 Å². The molecule has 2 radical (unpaired) electrons. The third-order valence-electron chi connectivity index (χ3n) is 8.82. The Morgan fingerprint density at radius 1 is 1.16 bits per heavy atom. The van der Waals surface area contributed by atoms with Crippen molar-refractivity contribution >= 4 is 22.8 Å². The van der Waals surface area contributed by atoms with Crippen molar-refractivity contribution in [3.05, 3.63) is 48.0 Å². The number of esters is 1. The largest absolute Gasteiger partial charge is 0.457 e. The van der Waals surface area contributed by atoms with Gasteiger partial charge in [0.05, 0.1) is 28.7 Å². The van der Waals surface area contributed by atoms with Gasteiger partial charge in [-0.1, -0.05) is 32.1 Å². The first-order valence-corrected chi connectivity index (χ1v) is 13.7. The lowest BCUT2D eigenvalue weighted by Gasteiger charge is -2.53. The summed E-state index contributed by atoms with van der Waals surface area (Å²) in [4.78, 5) is 26.2. The predicted molar refractivity (Wildman–Crippen MR) is 145 cm³/mol. The first-order chi connectivity index (χ1) is 17.7. The molecule has 2 fully saturated rings. The van der Waals surface area contributed by atoms with Crippen LogP contribution in [0.4, 0.5) is 5.82 Å². The monoisotopic (exact) mass is 504 g/mol. The highest BCUT2D eigenvalue weighted by Crippen LogP contribution is 2.50. The molecule has 2 aliphatic carbocycles. The summed E-state index contributed by atoms with van der Waals surface area (Å²) < 4.78 is 5.46. The summed E-state index contributed by atoms with van der Waals surface area (Å²) in [5.74, 6) is 1.51. The Morgan fingerprint density at radius 2 is 1.84 bits per heavy atom. The molecule has 1 aromatic carbocycles. The molecule has 3 aliphatic rings. The van der Waals surface area contributed by atoms with E-state index in [1.54, 1.807) is 0 Å². The van der Waals surface area contributed by atoms with Gasteiger partial charge in [0.25, 0.3) is 0 Å². The summed E-state index contributed by atoms with van der Waals surface area (Å²) in [6, 6.07) is 8.06. The van der Waals surface area contributed by atoms with Crippen molar-refractivity contribution in [2.75, 3.05) is 37.6 Å². The van der Waals surface area contributed by atoms with Gasteiger partial charge in [0.15, 0.2) is 5.82 Å². The maximum atomic E-state index is 11.8. The van der Waals surface area contributed by atoms with Gasteiger partial charge in [0, 0.05) is 45.6 Å². The molecule has 1 aromatic heterocycles. The molecule has 0 unspecified atom stereocenters. The van der Waals surface area contributed by atoms with Crippen molar-refractivity contribution in [2.24, 2.45) is 23.7 Å². The molecule has 7 heteroatoms. The maximum Gasteiger partial charge on any atom is 0.303 e. The average molecular weight is 505 g/mol. The number of carbonyl (C=O) groups is 1. The Hall–Kier alpha value is -2.51. The Balaban J connectivity index is 1.24. The lowest BCUT2D eigenvalue weighted by Crippen LogP contribution is -2.57. The molecule has 0 spiro atoms.